The van der Waals surface area contributed by atoms with Gasteiger partial charge >= 0.3 is 5.97 Å². The first-order chi connectivity index (χ1) is 15.5. The largest absolute Gasteiger partial charge is 0.478 e. The molecule has 0 saturated carbocycles. The molecule has 1 aromatic heterocycles. The van der Waals surface area contributed by atoms with Crippen LogP contribution in [-0.2, 0) is 0 Å². The quantitative estimate of drug-likeness (QED) is 0.569. The third-order valence-corrected chi connectivity index (χ3v) is 5.57. The Hall–Kier alpha value is -3.42. The van der Waals surface area contributed by atoms with Gasteiger partial charge in [-0.15, -0.1) is 0 Å². The van der Waals surface area contributed by atoms with Gasteiger partial charge in [0, 0.05) is 54.8 Å². The zero-order valence-corrected chi connectivity index (χ0v) is 18.5. The molecule has 1 fully saturated rings. The van der Waals surface area contributed by atoms with Crippen LogP contribution >= 0.6 is 11.6 Å². The van der Waals surface area contributed by atoms with Crippen molar-refractivity contribution in [3.63, 3.8) is 0 Å². The van der Waals surface area contributed by atoms with E-state index in [1.165, 1.54) is 18.5 Å². The lowest BCUT2D eigenvalue weighted by Crippen LogP contribution is -2.47. The number of halogens is 1. The zero-order valence-electron chi connectivity index (χ0n) is 17.7. The first-order valence-corrected chi connectivity index (χ1v) is 10.7. The summed E-state index contributed by atoms with van der Waals surface area (Å²) in [6.07, 6.45) is 2.84. The van der Waals surface area contributed by atoms with E-state index in [9.17, 15) is 4.79 Å². The molecule has 0 spiro atoms. The molecule has 2 aliphatic rings. The van der Waals surface area contributed by atoms with E-state index >= 15 is 0 Å². The highest BCUT2D eigenvalue weighted by atomic mass is 35.5. The number of aromatic carboxylic acids is 1. The first kappa shape index (κ1) is 21.8. The van der Waals surface area contributed by atoms with Crippen molar-refractivity contribution in [3.05, 3.63) is 83.1 Å². The van der Waals surface area contributed by atoms with Crippen molar-refractivity contribution in [1.29, 1.82) is 0 Å². The summed E-state index contributed by atoms with van der Waals surface area (Å²) in [6.45, 7) is 4.08. The van der Waals surface area contributed by atoms with Gasteiger partial charge in [-0.2, -0.15) is 0 Å². The van der Waals surface area contributed by atoms with Crippen molar-refractivity contribution in [2.24, 2.45) is 4.99 Å². The minimum absolute atomic E-state index is 0.220. The molecule has 5 rings (SSSR count). The van der Waals surface area contributed by atoms with Gasteiger partial charge in [0.2, 0.25) is 0 Å². The topological polar surface area (TPSA) is 81.1 Å². The molecule has 2 N–H and O–H groups in total. The number of carboxylic acids is 1. The average molecular weight is 450 g/mol. The van der Waals surface area contributed by atoms with E-state index in [-0.39, 0.29) is 5.56 Å². The summed E-state index contributed by atoms with van der Waals surface area (Å²) in [4.78, 5) is 23.5. The van der Waals surface area contributed by atoms with E-state index in [1.807, 2.05) is 24.3 Å². The normalized spacial score (nSPS) is 15.2. The number of benzene rings is 2. The van der Waals surface area contributed by atoms with Crippen LogP contribution in [0.4, 0.5) is 17.1 Å². The van der Waals surface area contributed by atoms with Crippen molar-refractivity contribution < 1.29 is 9.90 Å². The number of pyridine rings is 1. The van der Waals surface area contributed by atoms with E-state index in [2.05, 4.69) is 45.3 Å². The molecule has 0 unspecified atom stereocenters. The Labute approximate surface area is 192 Å². The van der Waals surface area contributed by atoms with Gasteiger partial charge in [0.15, 0.2) is 0 Å². The highest BCUT2D eigenvalue weighted by molar-refractivity contribution is 6.31. The number of carboxylic acid groups (broad SMARTS) is 1. The molecule has 0 radical (unpaired) electrons. The van der Waals surface area contributed by atoms with Gasteiger partial charge in [-0.05, 0) is 49.5 Å². The molecule has 3 aromatic rings. The summed E-state index contributed by atoms with van der Waals surface area (Å²) < 4.78 is 0. The number of likely N-dealkylation sites (N-methyl/N-ethyl adjacent to an activating group) is 1. The number of para-hydroxylation sites is 1. The fraction of sp³-hybridized carbons (Fsp3) is 0.208. The minimum Gasteiger partial charge on any atom is -0.478 e. The number of aromatic nitrogens is 1. The zero-order chi connectivity index (χ0) is 22.5. The van der Waals surface area contributed by atoms with E-state index in [0.29, 0.717) is 5.02 Å². The lowest BCUT2D eigenvalue weighted by atomic mass is 10.1. The summed E-state index contributed by atoms with van der Waals surface area (Å²) in [7, 11) is 2.16. The predicted molar refractivity (Wildman–Crippen MR) is 128 cm³/mol. The van der Waals surface area contributed by atoms with Gasteiger partial charge in [0.05, 0.1) is 16.9 Å². The Morgan fingerprint density at radius 3 is 2.50 bits per heavy atom. The summed E-state index contributed by atoms with van der Waals surface area (Å²) >= 11 is 6.18. The Morgan fingerprint density at radius 2 is 1.81 bits per heavy atom. The van der Waals surface area contributed by atoms with Gasteiger partial charge in [-0.25, -0.2) is 9.79 Å². The predicted octanol–water partition coefficient (Wildman–Crippen LogP) is 4.50. The lowest BCUT2D eigenvalue weighted by molar-refractivity contribution is 0.0696. The molecule has 164 valence electrons. The van der Waals surface area contributed by atoms with Gasteiger partial charge in [0.25, 0.3) is 0 Å². The third kappa shape index (κ3) is 5.07. The summed E-state index contributed by atoms with van der Waals surface area (Å²) in [5, 5.41) is 12.5. The highest BCUT2D eigenvalue weighted by Gasteiger charge is 2.23. The van der Waals surface area contributed by atoms with E-state index in [0.717, 1.165) is 54.6 Å². The molecular formula is C24H24ClN5O2. The molecular weight excluding hydrogens is 426 g/mol. The van der Waals surface area contributed by atoms with Crippen LogP contribution in [0, 0.1) is 0 Å². The molecule has 8 heteroatoms. The fourth-order valence-corrected chi connectivity index (χ4v) is 3.72. The highest BCUT2D eigenvalue weighted by Crippen LogP contribution is 2.36. The maximum absolute atomic E-state index is 10.2. The number of piperazine rings is 1. The van der Waals surface area contributed by atoms with Crippen molar-refractivity contribution >= 4 is 40.5 Å². The monoisotopic (exact) mass is 449 g/mol. The van der Waals surface area contributed by atoms with E-state index in [4.69, 9.17) is 21.7 Å². The number of anilines is 2. The van der Waals surface area contributed by atoms with Crippen LogP contribution in [-0.4, -0.2) is 64.9 Å². The molecule has 3 heterocycles. The van der Waals surface area contributed by atoms with Gasteiger partial charge in [0.1, 0.15) is 5.84 Å². The van der Waals surface area contributed by atoms with Gasteiger partial charge in [-0.1, -0.05) is 23.7 Å². The molecule has 0 bridgehead atoms. The van der Waals surface area contributed by atoms with Crippen molar-refractivity contribution in [3.8, 4) is 0 Å². The summed E-state index contributed by atoms with van der Waals surface area (Å²) in [6, 6.07) is 17.2. The number of hydrogen-bond acceptors (Lipinski definition) is 6. The summed E-state index contributed by atoms with van der Waals surface area (Å²) in [5.74, 6) is 0.0883. The maximum atomic E-state index is 10.2. The number of hydrogen-bond donors (Lipinski definition) is 2. The van der Waals surface area contributed by atoms with Crippen LogP contribution in [0.15, 0.2) is 72.0 Å². The van der Waals surface area contributed by atoms with Gasteiger partial charge < -0.3 is 20.2 Å². The number of nitrogens with zero attached hydrogens (tertiary/aromatic N) is 4. The molecule has 0 aliphatic carbocycles. The van der Waals surface area contributed by atoms with Crippen LogP contribution in [0.2, 0.25) is 5.02 Å². The van der Waals surface area contributed by atoms with Crippen molar-refractivity contribution in [2.45, 2.75) is 0 Å². The Bertz CT molecular complexity index is 1130. The summed E-state index contributed by atoms with van der Waals surface area (Å²) in [5.41, 5.74) is 4.33. The molecule has 0 amide bonds. The Kier molecular flexibility index (Phi) is 6.68. The minimum atomic E-state index is -0.942. The van der Waals surface area contributed by atoms with Crippen LogP contribution in [0.1, 0.15) is 15.9 Å². The van der Waals surface area contributed by atoms with Crippen LogP contribution in [0.25, 0.3) is 0 Å². The number of amidine groups is 1. The van der Waals surface area contributed by atoms with Crippen LogP contribution in [0.5, 0.6) is 0 Å². The third-order valence-electron chi connectivity index (χ3n) is 5.33. The number of fused-ring (bicyclic) bond motifs is 2. The van der Waals surface area contributed by atoms with E-state index in [1.54, 1.807) is 6.07 Å². The van der Waals surface area contributed by atoms with E-state index < -0.39 is 5.97 Å². The molecule has 7 nitrogen and oxygen atoms in total. The number of nitrogens with one attached hydrogen (secondary N) is 1. The Morgan fingerprint density at radius 1 is 1.03 bits per heavy atom. The van der Waals surface area contributed by atoms with Crippen molar-refractivity contribution in [2.75, 3.05) is 38.5 Å². The second-order valence-electron chi connectivity index (χ2n) is 7.60. The Balaban J connectivity index is 0.000000230. The lowest BCUT2D eigenvalue weighted by Gasteiger charge is -2.34. The number of rotatable bonds is 1. The van der Waals surface area contributed by atoms with Crippen molar-refractivity contribution in [1.82, 2.24) is 14.8 Å². The average Bonchev–Trinajstić information content (AvgIpc) is 2.97. The maximum Gasteiger partial charge on any atom is 0.337 e. The molecule has 2 aliphatic heterocycles. The molecule has 2 aromatic carbocycles. The fourth-order valence-electron chi connectivity index (χ4n) is 3.56. The number of aliphatic imine (C=N–C) groups is 1. The molecule has 32 heavy (non-hydrogen) atoms. The molecule has 1 saturated heterocycles. The second-order valence-corrected chi connectivity index (χ2v) is 8.04. The number of carbonyl (C=O) groups is 1. The van der Waals surface area contributed by atoms with Crippen LogP contribution < -0.4 is 5.32 Å². The standard InChI is InChI=1S/C18H19ClN4.C6H5NO2/c1-22-8-10-23(11-9-22)18-14-4-2-3-5-15(14)20-16-7-6-13(19)12-17(16)21-18;8-6(9)5-2-1-3-7-4-5/h2-7,12,20H,8-11H2,1H3;1-4H,(H,8,9). The second kappa shape index (κ2) is 9.80. The van der Waals surface area contributed by atoms with Crippen LogP contribution in [0.3, 0.4) is 0 Å². The van der Waals surface area contributed by atoms with Gasteiger partial charge in [-0.3, -0.25) is 4.98 Å². The SMILES string of the molecule is CN1CCN(C2=Nc3cc(Cl)ccc3Nc3ccccc32)CC1.O=C(O)c1cccnc1. The first-order valence-electron chi connectivity index (χ1n) is 10.3. The smallest absolute Gasteiger partial charge is 0.337 e. The molecule has 0 atom stereocenters.